The summed E-state index contributed by atoms with van der Waals surface area (Å²) in [5, 5.41) is 1.05. The Morgan fingerprint density at radius 2 is 1.94 bits per heavy atom. The molecule has 0 fully saturated rings. The van der Waals surface area contributed by atoms with E-state index >= 15 is 0 Å². The molecule has 1 aliphatic rings. The third-order valence-corrected chi connectivity index (χ3v) is 6.05. The van der Waals surface area contributed by atoms with Crippen molar-refractivity contribution in [2.45, 2.75) is 26.3 Å². The summed E-state index contributed by atoms with van der Waals surface area (Å²) in [5.74, 6) is 0.395. The van der Waals surface area contributed by atoms with E-state index in [1.165, 1.54) is 11.6 Å². The second kappa shape index (κ2) is 7.36. The van der Waals surface area contributed by atoms with E-state index < -0.39 is 5.82 Å². The summed E-state index contributed by atoms with van der Waals surface area (Å²) in [4.78, 5) is 18.2. The van der Waals surface area contributed by atoms with Gasteiger partial charge in [0.15, 0.2) is 0 Å². The molecule has 5 nitrogen and oxygen atoms in total. The lowest BCUT2D eigenvalue weighted by Gasteiger charge is -2.35. The van der Waals surface area contributed by atoms with Gasteiger partial charge in [0.1, 0.15) is 5.82 Å². The molecule has 0 radical (unpaired) electrons. The van der Waals surface area contributed by atoms with Crippen molar-refractivity contribution in [1.29, 1.82) is 0 Å². The smallest absolute Gasteiger partial charge is 0.323 e. The fourth-order valence-electron chi connectivity index (χ4n) is 4.32. The number of halogens is 2. The maximum atomic E-state index is 14.1. The van der Waals surface area contributed by atoms with Crippen molar-refractivity contribution in [1.82, 2.24) is 15.0 Å². The van der Waals surface area contributed by atoms with Crippen molar-refractivity contribution in [2.24, 2.45) is 0 Å². The van der Waals surface area contributed by atoms with Crippen molar-refractivity contribution >= 4 is 34.3 Å². The number of hydrogen-bond acceptors (Lipinski definition) is 3. The van der Waals surface area contributed by atoms with Crippen LogP contribution >= 0.6 is 11.6 Å². The van der Waals surface area contributed by atoms with Crippen LogP contribution in [-0.4, -0.2) is 21.5 Å². The van der Waals surface area contributed by atoms with Gasteiger partial charge in [0, 0.05) is 28.8 Å². The molecule has 1 atom stereocenters. The van der Waals surface area contributed by atoms with Gasteiger partial charge in [-0.25, -0.2) is 4.39 Å². The number of hydrogen-bond donors (Lipinski definition) is 1. The predicted molar refractivity (Wildman–Crippen MR) is 120 cm³/mol. The van der Waals surface area contributed by atoms with Crippen molar-refractivity contribution in [3.8, 4) is 0 Å². The Balaban J connectivity index is 1.73. The molecule has 0 spiro atoms. The minimum atomic E-state index is -0.444. The molecule has 0 saturated heterocycles. The van der Waals surface area contributed by atoms with E-state index in [-0.39, 0.29) is 11.1 Å². The van der Waals surface area contributed by atoms with Crippen LogP contribution in [0.2, 0.25) is 5.02 Å². The lowest BCUT2D eigenvalue weighted by atomic mass is 9.92. The average Bonchev–Trinajstić information content (AvgIpc) is 3.11. The molecule has 5 rings (SSSR count). The first-order valence-corrected chi connectivity index (χ1v) is 10.4. The molecule has 0 saturated carbocycles. The molecule has 1 aliphatic heterocycles. The van der Waals surface area contributed by atoms with Gasteiger partial charge in [0.25, 0.3) is 5.82 Å². The number of fused-ring (bicyclic) bond motifs is 3. The lowest BCUT2D eigenvalue weighted by Crippen LogP contribution is -2.37. The number of nitrogens with one attached hydrogen (secondary N) is 1. The van der Waals surface area contributed by atoms with E-state index in [1.54, 1.807) is 12.1 Å². The predicted octanol–water partition coefficient (Wildman–Crippen LogP) is 6.07. The Kier molecular flexibility index (Phi) is 4.64. The Morgan fingerprint density at radius 1 is 1.16 bits per heavy atom. The molecule has 0 amide bonds. The fraction of sp³-hybridized carbons (Fsp3) is 0.208. The van der Waals surface area contributed by atoms with Crippen molar-refractivity contribution in [3.63, 3.8) is 0 Å². The summed E-state index contributed by atoms with van der Waals surface area (Å²) in [6, 6.07) is 13.0. The van der Waals surface area contributed by atoms with E-state index in [1.807, 2.05) is 13.8 Å². The Hall–Kier alpha value is -3.43. The van der Waals surface area contributed by atoms with Gasteiger partial charge in [-0.1, -0.05) is 53.0 Å². The third-order valence-electron chi connectivity index (χ3n) is 5.76. The first-order valence-electron chi connectivity index (χ1n) is 10.0. The van der Waals surface area contributed by atoms with Crippen LogP contribution in [0, 0.1) is 26.2 Å². The number of aryl methyl sites for hydroxylation is 2. The Morgan fingerprint density at radius 3 is 2.68 bits per heavy atom. The number of anilines is 1. The molecule has 154 valence electrons. The molecular formula is C24H19ClFN5. The van der Waals surface area contributed by atoms with Gasteiger partial charge in [-0.2, -0.15) is 4.98 Å². The maximum Gasteiger partial charge on any atom is 0.323 e. The second-order valence-electron chi connectivity index (χ2n) is 7.87. The highest BCUT2D eigenvalue weighted by Gasteiger charge is 2.35. The first kappa shape index (κ1) is 19.5. The zero-order valence-corrected chi connectivity index (χ0v) is 17.8. The summed E-state index contributed by atoms with van der Waals surface area (Å²) in [6.07, 6.45) is 0.726. The molecule has 4 aromatic rings. The van der Waals surface area contributed by atoms with E-state index in [0.717, 1.165) is 39.8 Å². The van der Waals surface area contributed by atoms with Crippen molar-refractivity contribution < 1.29 is 4.39 Å². The molecule has 2 aromatic heterocycles. The number of rotatable bonds is 2. The zero-order valence-electron chi connectivity index (χ0n) is 17.1. The highest BCUT2D eigenvalue weighted by Crippen LogP contribution is 2.41. The van der Waals surface area contributed by atoms with E-state index in [2.05, 4.69) is 49.0 Å². The van der Waals surface area contributed by atoms with Crippen LogP contribution in [0.1, 0.15) is 34.1 Å². The summed E-state index contributed by atoms with van der Waals surface area (Å²) in [7, 11) is 0. The highest BCUT2D eigenvalue weighted by molar-refractivity contribution is 6.31. The maximum absolute atomic E-state index is 14.1. The van der Waals surface area contributed by atoms with Crippen LogP contribution in [-0.2, 0) is 6.42 Å². The minimum Gasteiger partial charge on any atom is -0.360 e. The molecule has 7 heteroatoms. The van der Waals surface area contributed by atoms with Gasteiger partial charge in [0.2, 0.25) is 0 Å². The van der Waals surface area contributed by atoms with Gasteiger partial charge in [-0.3, -0.25) is 0 Å². The summed E-state index contributed by atoms with van der Waals surface area (Å²) in [6.45, 7) is 12.0. The normalized spacial score (nSPS) is 15.7. The van der Waals surface area contributed by atoms with Crippen LogP contribution in [0.15, 0.2) is 42.5 Å². The molecule has 3 heterocycles. The Bertz CT molecular complexity index is 1350. The summed E-state index contributed by atoms with van der Waals surface area (Å²) >= 11 is 6.09. The summed E-state index contributed by atoms with van der Waals surface area (Å²) in [5.41, 5.74) is 5.80. The fourth-order valence-corrected chi connectivity index (χ4v) is 4.48. The molecular weight excluding hydrogens is 413 g/mol. The van der Waals surface area contributed by atoms with E-state index in [9.17, 15) is 4.39 Å². The number of H-pyrrole nitrogens is 1. The monoisotopic (exact) mass is 431 g/mol. The highest BCUT2D eigenvalue weighted by atomic mass is 35.5. The molecule has 1 N–H and O–H groups in total. The minimum absolute atomic E-state index is 0.118. The van der Waals surface area contributed by atoms with E-state index in [0.29, 0.717) is 18.3 Å². The number of nitrogens with zero attached hydrogens (tertiary/aromatic N) is 4. The third kappa shape index (κ3) is 3.31. The number of aromatic nitrogens is 3. The molecule has 0 aliphatic carbocycles. The van der Waals surface area contributed by atoms with Crippen LogP contribution in [0.3, 0.4) is 0 Å². The quantitative estimate of drug-likeness (QED) is 0.392. The Labute approximate surface area is 184 Å². The summed E-state index contributed by atoms with van der Waals surface area (Å²) < 4.78 is 14.1. The zero-order chi connectivity index (χ0) is 21.7. The van der Waals surface area contributed by atoms with Crippen LogP contribution in [0.5, 0.6) is 0 Å². The van der Waals surface area contributed by atoms with Gasteiger partial charge in [0.05, 0.1) is 11.1 Å². The SMILES string of the molecule is [C-]#[N+]c1cc(C)nc(N2CCc3c([nH]c4cc(F)c(Cl)cc34)C2c2ccc(C)cc2)n1. The lowest BCUT2D eigenvalue weighted by molar-refractivity contribution is 0.625. The topological polar surface area (TPSA) is 49.2 Å². The van der Waals surface area contributed by atoms with Crippen LogP contribution in [0.25, 0.3) is 15.7 Å². The van der Waals surface area contributed by atoms with Gasteiger partial charge < -0.3 is 14.7 Å². The van der Waals surface area contributed by atoms with Crippen LogP contribution in [0.4, 0.5) is 16.2 Å². The second-order valence-corrected chi connectivity index (χ2v) is 8.27. The van der Waals surface area contributed by atoms with Gasteiger partial charge >= 0.3 is 5.95 Å². The first-order chi connectivity index (χ1) is 14.9. The largest absolute Gasteiger partial charge is 0.360 e. The van der Waals surface area contributed by atoms with Crippen molar-refractivity contribution in [3.05, 3.63) is 92.8 Å². The van der Waals surface area contributed by atoms with Gasteiger partial charge in [-0.15, -0.1) is 0 Å². The number of aromatic amines is 1. The standard InChI is InChI=1S/C24H19ClFN5/c1-13-4-6-15(7-5-13)23-22-16(17-11-18(25)19(26)12-20(17)29-22)8-9-31(23)24-28-14(2)10-21(27-3)30-24/h4-7,10-12,23,29H,8-9H2,1-2H3. The number of benzene rings is 2. The van der Waals surface area contributed by atoms with Crippen molar-refractivity contribution in [2.75, 3.05) is 11.4 Å². The molecule has 1 unspecified atom stereocenters. The van der Waals surface area contributed by atoms with Gasteiger partial charge in [-0.05, 0) is 49.6 Å². The molecule has 2 aromatic carbocycles. The van der Waals surface area contributed by atoms with Crippen LogP contribution < -0.4 is 4.90 Å². The molecule has 0 bridgehead atoms. The van der Waals surface area contributed by atoms with E-state index in [4.69, 9.17) is 18.2 Å². The molecule has 31 heavy (non-hydrogen) atoms. The average molecular weight is 432 g/mol.